The predicted molar refractivity (Wildman–Crippen MR) is 97.1 cm³/mol. The molecular formula is C17H20INO4. The van der Waals surface area contributed by atoms with Crippen molar-refractivity contribution in [2.45, 2.75) is 25.7 Å². The molecule has 0 saturated carbocycles. The molecule has 2 aromatic rings. The normalized spacial score (nSPS) is 12.3. The number of hydrogen-bond acceptors (Lipinski definition) is 5. The number of aryl methyl sites for hydroxylation is 1. The van der Waals surface area contributed by atoms with Crippen LogP contribution in [0, 0.1) is 10.5 Å². The highest BCUT2D eigenvalue weighted by molar-refractivity contribution is 14.1. The molecule has 0 heterocycles. The molecule has 124 valence electrons. The van der Waals surface area contributed by atoms with Gasteiger partial charge in [-0.25, -0.2) is 0 Å². The van der Waals surface area contributed by atoms with Crippen molar-refractivity contribution in [1.29, 1.82) is 0 Å². The van der Waals surface area contributed by atoms with E-state index in [4.69, 9.17) is 5.73 Å². The molecule has 2 rings (SSSR count). The smallest absolute Gasteiger partial charge is 0.175 e. The molecule has 0 aliphatic carbocycles. The van der Waals surface area contributed by atoms with E-state index in [2.05, 4.69) is 0 Å². The molecule has 6 N–H and O–H groups in total. The summed E-state index contributed by atoms with van der Waals surface area (Å²) in [4.78, 5) is 0. The van der Waals surface area contributed by atoms with Gasteiger partial charge in [0.15, 0.2) is 23.0 Å². The number of phenols is 4. The van der Waals surface area contributed by atoms with Crippen molar-refractivity contribution in [1.82, 2.24) is 0 Å². The molecule has 1 atom stereocenters. The van der Waals surface area contributed by atoms with Crippen LogP contribution < -0.4 is 5.73 Å². The monoisotopic (exact) mass is 429 g/mol. The van der Waals surface area contributed by atoms with Crippen molar-refractivity contribution < 1.29 is 20.4 Å². The minimum atomic E-state index is -0.430. The molecule has 1 unspecified atom stereocenters. The Kier molecular flexibility index (Phi) is 5.59. The Hall–Kier alpha value is -1.67. The zero-order valence-electron chi connectivity index (χ0n) is 12.8. The van der Waals surface area contributed by atoms with Gasteiger partial charge in [-0.05, 0) is 54.5 Å². The Morgan fingerprint density at radius 2 is 1.48 bits per heavy atom. The number of aromatic hydroxyl groups is 4. The van der Waals surface area contributed by atoms with Crippen molar-refractivity contribution in [2.24, 2.45) is 5.73 Å². The van der Waals surface area contributed by atoms with Crippen LogP contribution >= 0.6 is 22.6 Å². The average Bonchev–Trinajstić information content (AvgIpc) is 2.55. The van der Waals surface area contributed by atoms with E-state index in [0.29, 0.717) is 19.4 Å². The van der Waals surface area contributed by atoms with E-state index in [1.807, 2.05) is 31.2 Å². The lowest BCUT2D eigenvalue weighted by Crippen LogP contribution is -2.07. The molecule has 0 spiro atoms. The minimum Gasteiger partial charge on any atom is -0.504 e. The molecule has 0 radical (unpaired) electrons. The summed E-state index contributed by atoms with van der Waals surface area (Å²) in [7, 11) is 0. The van der Waals surface area contributed by atoms with Gasteiger partial charge in [0.25, 0.3) is 0 Å². The van der Waals surface area contributed by atoms with Gasteiger partial charge >= 0.3 is 0 Å². The van der Waals surface area contributed by atoms with Crippen LogP contribution in [0.1, 0.15) is 35.4 Å². The Morgan fingerprint density at radius 3 is 1.96 bits per heavy atom. The fraction of sp³-hybridized carbons (Fsp3) is 0.294. The van der Waals surface area contributed by atoms with Crippen LogP contribution in [0.15, 0.2) is 24.3 Å². The largest absolute Gasteiger partial charge is 0.504 e. The molecule has 0 amide bonds. The summed E-state index contributed by atoms with van der Waals surface area (Å²) in [6.45, 7) is 2.43. The molecule has 23 heavy (non-hydrogen) atoms. The van der Waals surface area contributed by atoms with Gasteiger partial charge in [-0.3, -0.25) is 0 Å². The summed E-state index contributed by atoms with van der Waals surface area (Å²) in [5.74, 6) is -2.06. The third kappa shape index (κ3) is 3.48. The van der Waals surface area contributed by atoms with Crippen LogP contribution in [0.2, 0.25) is 0 Å². The number of halogens is 1. The number of benzene rings is 2. The standard InChI is InChI=1S/C17H20INO4/c1-9-4-6-10(7-5-9)11(3-2-8-19)12-14(20)16(22)13(18)17(23)15(12)21/h4-7,11,20-23H,2-3,8,19H2,1H3. The first kappa shape index (κ1) is 17.7. The average molecular weight is 429 g/mol. The molecule has 2 aromatic carbocycles. The van der Waals surface area contributed by atoms with Gasteiger partial charge in [-0.15, -0.1) is 0 Å². The number of nitrogens with two attached hydrogens (primary N) is 1. The summed E-state index contributed by atoms with van der Waals surface area (Å²) in [6.07, 6.45) is 1.24. The van der Waals surface area contributed by atoms with E-state index in [1.165, 1.54) is 0 Å². The SMILES string of the molecule is Cc1ccc(C(CCCN)c2c(O)c(O)c(I)c(O)c2O)cc1. The quantitative estimate of drug-likeness (QED) is 0.285. The summed E-state index contributed by atoms with van der Waals surface area (Å²) < 4.78 is 0.0165. The molecule has 5 nitrogen and oxygen atoms in total. The maximum absolute atomic E-state index is 10.3. The van der Waals surface area contributed by atoms with E-state index >= 15 is 0 Å². The lowest BCUT2D eigenvalue weighted by atomic mass is 9.85. The van der Waals surface area contributed by atoms with Gasteiger partial charge in [0.05, 0.1) is 5.56 Å². The third-order valence-electron chi connectivity index (χ3n) is 3.90. The van der Waals surface area contributed by atoms with E-state index in [9.17, 15) is 20.4 Å². The zero-order chi connectivity index (χ0) is 17.1. The van der Waals surface area contributed by atoms with Crippen LogP contribution in [-0.4, -0.2) is 27.0 Å². The number of rotatable bonds is 5. The van der Waals surface area contributed by atoms with E-state index < -0.39 is 23.0 Å². The maximum atomic E-state index is 10.3. The second-order valence-electron chi connectivity index (χ2n) is 5.52. The molecule has 0 bridgehead atoms. The molecule has 0 saturated heterocycles. The molecule has 0 aromatic heterocycles. The van der Waals surface area contributed by atoms with E-state index in [-0.39, 0.29) is 15.1 Å². The maximum Gasteiger partial charge on any atom is 0.175 e. The van der Waals surface area contributed by atoms with Crippen LogP contribution in [0.4, 0.5) is 0 Å². The molecule has 0 aliphatic rings. The molecular weight excluding hydrogens is 409 g/mol. The highest BCUT2D eigenvalue weighted by Gasteiger charge is 2.28. The highest BCUT2D eigenvalue weighted by atomic mass is 127. The summed E-state index contributed by atoms with van der Waals surface area (Å²) in [5.41, 5.74) is 7.68. The van der Waals surface area contributed by atoms with Crippen molar-refractivity contribution >= 4 is 22.6 Å². The van der Waals surface area contributed by atoms with Crippen LogP contribution in [0.5, 0.6) is 23.0 Å². The van der Waals surface area contributed by atoms with Crippen LogP contribution in [0.25, 0.3) is 0 Å². The Labute approximate surface area is 148 Å². The molecule has 6 heteroatoms. The first-order valence-corrected chi connectivity index (χ1v) is 8.38. The second kappa shape index (κ2) is 7.27. The second-order valence-corrected chi connectivity index (χ2v) is 6.60. The van der Waals surface area contributed by atoms with Gasteiger partial charge in [-0.2, -0.15) is 0 Å². The van der Waals surface area contributed by atoms with E-state index in [0.717, 1.165) is 11.1 Å². The lowest BCUT2D eigenvalue weighted by molar-refractivity contribution is 0.357. The Balaban J connectivity index is 2.62. The van der Waals surface area contributed by atoms with Gasteiger partial charge < -0.3 is 26.2 Å². The first-order chi connectivity index (χ1) is 10.9. The fourth-order valence-electron chi connectivity index (χ4n) is 2.62. The summed E-state index contributed by atoms with van der Waals surface area (Å²) in [5, 5.41) is 40.6. The van der Waals surface area contributed by atoms with Crippen molar-refractivity contribution in [2.75, 3.05) is 6.54 Å². The van der Waals surface area contributed by atoms with Gasteiger partial charge in [-0.1, -0.05) is 29.8 Å². The minimum absolute atomic E-state index is 0.0165. The van der Waals surface area contributed by atoms with Crippen molar-refractivity contribution in [3.8, 4) is 23.0 Å². The van der Waals surface area contributed by atoms with Gasteiger partial charge in [0, 0.05) is 5.92 Å². The number of hydrogen-bond donors (Lipinski definition) is 5. The topological polar surface area (TPSA) is 107 Å². The fourth-order valence-corrected chi connectivity index (χ4v) is 3.13. The predicted octanol–water partition coefficient (Wildman–Crippen LogP) is 3.29. The Bertz CT molecular complexity index is 672. The van der Waals surface area contributed by atoms with Gasteiger partial charge in [0.2, 0.25) is 0 Å². The first-order valence-electron chi connectivity index (χ1n) is 7.30. The molecule has 0 aliphatic heterocycles. The summed E-state index contributed by atoms with van der Waals surface area (Å²) >= 11 is 1.67. The van der Waals surface area contributed by atoms with Crippen molar-refractivity contribution in [3.63, 3.8) is 0 Å². The Morgan fingerprint density at radius 1 is 0.957 bits per heavy atom. The van der Waals surface area contributed by atoms with Crippen LogP contribution in [-0.2, 0) is 0 Å². The van der Waals surface area contributed by atoms with Crippen LogP contribution in [0.3, 0.4) is 0 Å². The van der Waals surface area contributed by atoms with Gasteiger partial charge in [0.1, 0.15) is 3.57 Å². The zero-order valence-corrected chi connectivity index (χ0v) is 14.9. The summed E-state index contributed by atoms with van der Waals surface area (Å²) in [6, 6.07) is 7.68. The van der Waals surface area contributed by atoms with E-state index in [1.54, 1.807) is 22.6 Å². The number of phenolic OH excluding ortho intramolecular Hbond substituents is 4. The molecule has 0 fully saturated rings. The third-order valence-corrected chi connectivity index (χ3v) is 4.92. The lowest BCUT2D eigenvalue weighted by Gasteiger charge is -2.22. The highest BCUT2D eigenvalue weighted by Crippen LogP contribution is 2.51. The van der Waals surface area contributed by atoms with Crippen molar-refractivity contribution in [3.05, 3.63) is 44.5 Å².